The topological polar surface area (TPSA) is 81.1 Å². The van der Waals surface area contributed by atoms with Gasteiger partial charge in [-0.2, -0.15) is 0 Å². The average molecular weight is 426 g/mol. The summed E-state index contributed by atoms with van der Waals surface area (Å²) in [7, 11) is 0. The number of hydrogen-bond acceptors (Lipinski definition) is 3. The zero-order valence-electron chi connectivity index (χ0n) is 17.5. The Balaban J connectivity index is 1.34. The normalized spacial score (nSPS) is 22.7. The van der Waals surface area contributed by atoms with Crippen LogP contribution in [-0.4, -0.2) is 11.4 Å². The standard InChI is InChI=1S/C25H29F2N3O/c26-19-7-5-18(6-8-19)24(31)30-25(11-12-25)14-16-1-3-17(4-2-16)22(15-28)21-13-20(27)9-10-23(21)29/h5-10,13,15-17H,1-4,11-12,14,28-29H2,(H,30,31)/b22-15-. The van der Waals surface area contributed by atoms with Crippen molar-refractivity contribution in [1.82, 2.24) is 5.32 Å². The Morgan fingerprint density at radius 3 is 2.29 bits per heavy atom. The van der Waals surface area contributed by atoms with Crippen molar-refractivity contribution in [3.05, 3.63) is 71.4 Å². The molecule has 0 aliphatic heterocycles. The van der Waals surface area contributed by atoms with Crippen LogP contribution in [0.2, 0.25) is 0 Å². The van der Waals surface area contributed by atoms with E-state index in [9.17, 15) is 13.6 Å². The predicted molar refractivity (Wildman–Crippen MR) is 119 cm³/mol. The summed E-state index contributed by atoms with van der Waals surface area (Å²) >= 11 is 0. The lowest BCUT2D eigenvalue weighted by Crippen LogP contribution is -2.39. The first-order valence-electron chi connectivity index (χ1n) is 10.9. The number of nitrogen functional groups attached to an aromatic ring is 1. The van der Waals surface area contributed by atoms with Crippen molar-refractivity contribution in [2.45, 2.75) is 50.5 Å². The number of carbonyl (C=O) groups excluding carboxylic acids is 1. The van der Waals surface area contributed by atoms with Gasteiger partial charge in [-0.1, -0.05) is 0 Å². The van der Waals surface area contributed by atoms with Gasteiger partial charge in [0.25, 0.3) is 5.91 Å². The number of rotatable bonds is 6. The number of carbonyl (C=O) groups is 1. The molecule has 2 aromatic carbocycles. The molecule has 0 heterocycles. The molecule has 31 heavy (non-hydrogen) atoms. The third-order valence-corrected chi connectivity index (χ3v) is 6.81. The number of allylic oxidation sites excluding steroid dienone is 1. The molecule has 0 spiro atoms. The summed E-state index contributed by atoms with van der Waals surface area (Å²) in [6.45, 7) is 0. The van der Waals surface area contributed by atoms with Crippen LogP contribution in [0, 0.1) is 23.5 Å². The van der Waals surface area contributed by atoms with Gasteiger partial charge >= 0.3 is 0 Å². The summed E-state index contributed by atoms with van der Waals surface area (Å²) in [6, 6.07) is 10.1. The molecule has 1 amide bonds. The molecule has 0 atom stereocenters. The quantitative estimate of drug-likeness (QED) is 0.570. The van der Waals surface area contributed by atoms with Crippen LogP contribution in [0.3, 0.4) is 0 Å². The third-order valence-electron chi connectivity index (χ3n) is 6.81. The molecule has 2 aromatic rings. The second-order valence-corrected chi connectivity index (χ2v) is 9.02. The monoisotopic (exact) mass is 425 g/mol. The van der Waals surface area contributed by atoms with Gasteiger partial charge in [-0.3, -0.25) is 4.79 Å². The lowest BCUT2D eigenvalue weighted by Gasteiger charge is -2.33. The molecule has 0 radical (unpaired) electrons. The van der Waals surface area contributed by atoms with E-state index in [0.717, 1.165) is 50.5 Å². The van der Waals surface area contributed by atoms with Gasteiger partial charge in [0.15, 0.2) is 0 Å². The fourth-order valence-corrected chi connectivity index (χ4v) is 4.90. The minimum atomic E-state index is -0.347. The number of benzene rings is 2. The molecule has 6 heteroatoms. The SMILES string of the molecule is N/C=C(\c1cc(F)ccc1N)C1CCC(CC2(NC(=O)c3ccc(F)cc3)CC2)CC1. The maximum absolute atomic E-state index is 13.7. The Morgan fingerprint density at radius 1 is 1.03 bits per heavy atom. The van der Waals surface area contributed by atoms with E-state index in [1.165, 1.54) is 36.4 Å². The fourth-order valence-electron chi connectivity index (χ4n) is 4.90. The number of anilines is 1. The highest BCUT2D eigenvalue weighted by molar-refractivity contribution is 5.94. The van der Waals surface area contributed by atoms with Gasteiger partial charge < -0.3 is 16.8 Å². The van der Waals surface area contributed by atoms with E-state index in [0.29, 0.717) is 22.7 Å². The Morgan fingerprint density at radius 2 is 1.68 bits per heavy atom. The molecule has 2 aliphatic rings. The number of nitrogens with one attached hydrogen (secondary N) is 1. The van der Waals surface area contributed by atoms with Crippen LogP contribution in [0.15, 0.2) is 48.7 Å². The first-order chi connectivity index (χ1) is 14.9. The van der Waals surface area contributed by atoms with Gasteiger partial charge in [0.2, 0.25) is 0 Å². The molecule has 0 unspecified atom stereocenters. The molecule has 0 bridgehead atoms. The van der Waals surface area contributed by atoms with Gasteiger partial charge in [0.1, 0.15) is 11.6 Å². The van der Waals surface area contributed by atoms with Gasteiger partial charge in [-0.05, 0) is 111 Å². The lowest BCUT2D eigenvalue weighted by molar-refractivity contribution is 0.0920. The number of nitrogens with two attached hydrogens (primary N) is 2. The summed E-state index contributed by atoms with van der Waals surface area (Å²) in [5, 5.41) is 3.18. The highest BCUT2D eigenvalue weighted by Crippen LogP contribution is 2.47. The van der Waals surface area contributed by atoms with E-state index < -0.39 is 0 Å². The Labute approximate surface area is 181 Å². The van der Waals surface area contributed by atoms with Crippen LogP contribution in [0.25, 0.3) is 5.57 Å². The second kappa shape index (κ2) is 8.69. The lowest BCUT2D eigenvalue weighted by atomic mass is 9.74. The minimum absolute atomic E-state index is 0.136. The van der Waals surface area contributed by atoms with Gasteiger partial charge in [-0.15, -0.1) is 0 Å². The van der Waals surface area contributed by atoms with Crippen molar-refractivity contribution in [3.8, 4) is 0 Å². The summed E-state index contributed by atoms with van der Waals surface area (Å²) in [5.41, 5.74) is 14.5. The largest absolute Gasteiger partial charge is 0.404 e. The van der Waals surface area contributed by atoms with Crippen LogP contribution in [0.4, 0.5) is 14.5 Å². The summed E-state index contributed by atoms with van der Waals surface area (Å²) in [6.07, 6.45) is 8.48. The zero-order valence-corrected chi connectivity index (χ0v) is 17.5. The summed E-state index contributed by atoms with van der Waals surface area (Å²) in [4.78, 5) is 12.6. The third kappa shape index (κ3) is 4.89. The number of halogens is 2. The van der Waals surface area contributed by atoms with Crippen LogP contribution >= 0.6 is 0 Å². The summed E-state index contributed by atoms with van der Waals surface area (Å²) < 4.78 is 26.8. The maximum atomic E-state index is 13.7. The van der Waals surface area contributed by atoms with Crippen LogP contribution in [0.5, 0.6) is 0 Å². The van der Waals surface area contributed by atoms with Crippen molar-refractivity contribution >= 4 is 17.2 Å². The van der Waals surface area contributed by atoms with Crippen molar-refractivity contribution in [2.75, 3.05) is 5.73 Å². The summed E-state index contributed by atoms with van der Waals surface area (Å²) in [5.74, 6) is -0.0169. The van der Waals surface area contributed by atoms with E-state index in [2.05, 4.69) is 5.32 Å². The molecule has 2 fully saturated rings. The van der Waals surface area contributed by atoms with Crippen LogP contribution in [-0.2, 0) is 0 Å². The van der Waals surface area contributed by atoms with E-state index in [1.807, 2.05) is 0 Å². The molecule has 4 nitrogen and oxygen atoms in total. The first kappa shape index (κ1) is 21.3. The zero-order chi connectivity index (χ0) is 22.0. The molecular formula is C25H29F2N3O. The van der Waals surface area contributed by atoms with E-state index in [-0.39, 0.29) is 29.0 Å². The van der Waals surface area contributed by atoms with E-state index >= 15 is 0 Å². The second-order valence-electron chi connectivity index (χ2n) is 9.02. The fraction of sp³-hybridized carbons (Fsp3) is 0.400. The highest BCUT2D eigenvalue weighted by atomic mass is 19.1. The Kier molecular flexibility index (Phi) is 5.99. The minimum Gasteiger partial charge on any atom is -0.404 e. The Hall–Kier alpha value is -2.89. The molecule has 2 saturated carbocycles. The van der Waals surface area contributed by atoms with Crippen molar-refractivity contribution in [1.29, 1.82) is 0 Å². The van der Waals surface area contributed by atoms with Crippen molar-refractivity contribution in [2.24, 2.45) is 17.6 Å². The van der Waals surface area contributed by atoms with Gasteiger partial charge in [0, 0.05) is 22.4 Å². The highest BCUT2D eigenvalue weighted by Gasteiger charge is 2.46. The molecule has 164 valence electrons. The van der Waals surface area contributed by atoms with E-state index in [4.69, 9.17) is 11.5 Å². The van der Waals surface area contributed by atoms with Crippen molar-refractivity contribution in [3.63, 3.8) is 0 Å². The predicted octanol–water partition coefficient (Wildman–Crippen LogP) is 5.01. The molecule has 0 saturated heterocycles. The average Bonchev–Trinajstić information content (AvgIpc) is 3.51. The molecule has 5 N–H and O–H groups in total. The smallest absolute Gasteiger partial charge is 0.251 e. The van der Waals surface area contributed by atoms with Crippen molar-refractivity contribution < 1.29 is 13.6 Å². The molecule has 4 rings (SSSR count). The molecular weight excluding hydrogens is 396 g/mol. The molecule has 0 aromatic heterocycles. The van der Waals surface area contributed by atoms with E-state index in [1.54, 1.807) is 12.3 Å². The first-order valence-corrected chi connectivity index (χ1v) is 10.9. The Bertz CT molecular complexity index is 975. The van der Waals surface area contributed by atoms with Gasteiger partial charge in [0.05, 0.1) is 0 Å². The van der Waals surface area contributed by atoms with Gasteiger partial charge in [-0.25, -0.2) is 8.78 Å². The van der Waals surface area contributed by atoms with Crippen LogP contribution in [0.1, 0.15) is 60.9 Å². The molecule has 2 aliphatic carbocycles. The number of hydrogen-bond donors (Lipinski definition) is 3. The maximum Gasteiger partial charge on any atom is 0.251 e. The number of amides is 1. The van der Waals surface area contributed by atoms with Crippen LogP contribution < -0.4 is 16.8 Å².